The van der Waals surface area contributed by atoms with Crippen molar-refractivity contribution in [1.29, 1.82) is 0 Å². The Kier molecular flexibility index (Phi) is 4.64. The molecule has 0 saturated heterocycles. The van der Waals surface area contributed by atoms with Gasteiger partial charge in [-0.3, -0.25) is 0 Å². The van der Waals surface area contributed by atoms with Crippen LogP contribution in [0.15, 0.2) is 42.5 Å². The number of ether oxygens (including phenoxy) is 2. The molecule has 3 heteroatoms. The highest BCUT2D eigenvalue weighted by Crippen LogP contribution is 2.29. The van der Waals surface area contributed by atoms with Crippen LogP contribution in [0.4, 0.5) is 0 Å². The minimum Gasteiger partial charge on any atom is -0.493 e. The summed E-state index contributed by atoms with van der Waals surface area (Å²) in [5.74, 6) is 1.47. The van der Waals surface area contributed by atoms with Crippen LogP contribution < -0.4 is 15.2 Å². The van der Waals surface area contributed by atoms with Crippen molar-refractivity contribution < 1.29 is 9.47 Å². The van der Waals surface area contributed by atoms with Crippen LogP contribution in [0.3, 0.4) is 0 Å². The number of benzene rings is 2. The van der Waals surface area contributed by atoms with Crippen LogP contribution in [0.2, 0.25) is 0 Å². The zero-order chi connectivity index (χ0) is 14.5. The molecule has 0 aliphatic carbocycles. The number of aryl methyl sites for hydroxylation is 1. The molecule has 0 heterocycles. The summed E-state index contributed by atoms with van der Waals surface area (Å²) in [6.45, 7) is 2.07. The van der Waals surface area contributed by atoms with Crippen LogP contribution in [0.25, 0.3) is 0 Å². The molecular weight excluding hydrogens is 250 g/mol. The Bertz CT molecular complexity index is 564. The zero-order valence-corrected chi connectivity index (χ0v) is 12.2. The normalized spacial score (nSPS) is 12.0. The first-order chi connectivity index (χ1) is 9.63. The monoisotopic (exact) mass is 271 g/mol. The van der Waals surface area contributed by atoms with Crippen molar-refractivity contribution in [2.75, 3.05) is 14.2 Å². The van der Waals surface area contributed by atoms with Gasteiger partial charge < -0.3 is 15.2 Å². The molecule has 2 rings (SSSR count). The minimum absolute atomic E-state index is 0.0197. The third-order valence-corrected chi connectivity index (χ3v) is 3.41. The lowest BCUT2D eigenvalue weighted by molar-refractivity contribution is 0.354. The molecule has 2 aromatic rings. The topological polar surface area (TPSA) is 44.5 Å². The van der Waals surface area contributed by atoms with Gasteiger partial charge >= 0.3 is 0 Å². The first-order valence-electron chi connectivity index (χ1n) is 6.67. The molecule has 0 fully saturated rings. The van der Waals surface area contributed by atoms with Gasteiger partial charge in [0.2, 0.25) is 0 Å². The molecule has 0 bridgehead atoms. The highest BCUT2D eigenvalue weighted by molar-refractivity contribution is 5.43. The van der Waals surface area contributed by atoms with E-state index in [0.29, 0.717) is 0 Å². The van der Waals surface area contributed by atoms with Crippen molar-refractivity contribution in [3.05, 3.63) is 59.2 Å². The average molecular weight is 271 g/mol. The fraction of sp³-hybridized carbons (Fsp3) is 0.294. The quantitative estimate of drug-likeness (QED) is 0.908. The number of hydrogen-bond acceptors (Lipinski definition) is 3. The predicted octanol–water partition coefficient (Wildman–Crippen LogP) is 3.25. The summed E-state index contributed by atoms with van der Waals surface area (Å²) in [7, 11) is 3.27. The minimum atomic E-state index is -0.0197. The number of methoxy groups -OCH3 is 2. The summed E-state index contributed by atoms with van der Waals surface area (Å²) < 4.78 is 10.6. The summed E-state index contributed by atoms with van der Waals surface area (Å²) >= 11 is 0. The SMILES string of the molecule is COc1ccc(CC(N)c2ccc(C)cc2)cc1OC. The van der Waals surface area contributed by atoms with Gasteiger partial charge in [-0.1, -0.05) is 35.9 Å². The van der Waals surface area contributed by atoms with E-state index in [4.69, 9.17) is 15.2 Å². The first-order valence-corrected chi connectivity index (χ1v) is 6.67. The second-order valence-corrected chi connectivity index (χ2v) is 4.91. The maximum absolute atomic E-state index is 6.27. The third kappa shape index (κ3) is 3.31. The summed E-state index contributed by atoms with van der Waals surface area (Å²) in [5, 5.41) is 0. The molecule has 20 heavy (non-hydrogen) atoms. The standard InChI is InChI=1S/C17H21NO2/c1-12-4-7-14(8-5-12)15(18)10-13-6-9-16(19-2)17(11-13)20-3/h4-9,11,15H,10,18H2,1-3H3. The van der Waals surface area contributed by atoms with Crippen LogP contribution in [-0.4, -0.2) is 14.2 Å². The molecule has 2 aromatic carbocycles. The Morgan fingerprint density at radius 3 is 2.20 bits per heavy atom. The summed E-state index contributed by atoms with van der Waals surface area (Å²) in [6.07, 6.45) is 0.767. The third-order valence-electron chi connectivity index (χ3n) is 3.41. The Hall–Kier alpha value is -2.00. The number of nitrogens with two attached hydrogens (primary N) is 1. The van der Waals surface area contributed by atoms with Gasteiger partial charge in [0, 0.05) is 6.04 Å². The molecule has 0 aliphatic rings. The smallest absolute Gasteiger partial charge is 0.160 e. The van der Waals surface area contributed by atoms with E-state index in [-0.39, 0.29) is 6.04 Å². The molecule has 2 N–H and O–H groups in total. The first kappa shape index (κ1) is 14.4. The van der Waals surface area contributed by atoms with Gasteiger partial charge in [0.15, 0.2) is 11.5 Å². The van der Waals surface area contributed by atoms with Crippen LogP contribution in [0, 0.1) is 6.92 Å². The number of hydrogen-bond donors (Lipinski definition) is 1. The molecule has 0 amide bonds. The summed E-state index contributed by atoms with van der Waals surface area (Å²) in [6, 6.07) is 14.2. The van der Waals surface area contributed by atoms with E-state index in [9.17, 15) is 0 Å². The van der Waals surface area contributed by atoms with Crippen molar-refractivity contribution in [2.24, 2.45) is 5.73 Å². The van der Waals surface area contributed by atoms with Gasteiger partial charge in [-0.25, -0.2) is 0 Å². The summed E-state index contributed by atoms with van der Waals surface area (Å²) in [4.78, 5) is 0. The molecule has 0 aromatic heterocycles. The van der Waals surface area contributed by atoms with Crippen molar-refractivity contribution in [2.45, 2.75) is 19.4 Å². The molecular formula is C17H21NO2. The van der Waals surface area contributed by atoms with E-state index in [1.807, 2.05) is 18.2 Å². The van der Waals surface area contributed by atoms with E-state index in [2.05, 4.69) is 31.2 Å². The van der Waals surface area contributed by atoms with Gasteiger partial charge in [-0.15, -0.1) is 0 Å². The van der Waals surface area contributed by atoms with Gasteiger partial charge in [0.25, 0.3) is 0 Å². The maximum atomic E-state index is 6.27. The van der Waals surface area contributed by atoms with Crippen LogP contribution in [0.5, 0.6) is 11.5 Å². The Labute approximate surface area is 120 Å². The van der Waals surface area contributed by atoms with Crippen molar-refractivity contribution >= 4 is 0 Å². The second kappa shape index (κ2) is 6.44. The largest absolute Gasteiger partial charge is 0.493 e. The Morgan fingerprint density at radius 2 is 1.60 bits per heavy atom. The predicted molar refractivity (Wildman–Crippen MR) is 81.4 cm³/mol. The molecule has 3 nitrogen and oxygen atoms in total. The molecule has 0 spiro atoms. The lowest BCUT2D eigenvalue weighted by atomic mass is 9.98. The number of rotatable bonds is 5. The fourth-order valence-corrected chi connectivity index (χ4v) is 2.19. The molecule has 0 radical (unpaired) electrons. The zero-order valence-electron chi connectivity index (χ0n) is 12.2. The Balaban J connectivity index is 2.15. The van der Waals surface area contributed by atoms with E-state index < -0.39 is 0 Å². The van der Waals surface area contributed by atoms with Gasteiger partial charge in [0.1, 0.15) is 0 Å². The average Bonchev–Trinajstić information content (AvgIpc) is 2.47. The van der Waals surface area contributed by atoms with Crippen molar-refractivity contribution in [3.8, 4) is 11.5 Å². The molecule has 1 unspecified atom stereocenters. The highest BCUT2D eigenvalue weighted by Gasteiger charge is 2.10. The van der Waals surface area contributed by atoms with E-state index >= 15 is 0 Å². The van der Waals surface area contributed by atoms with Crippen LogP contribution >= 0.6 is 0 Å². The van der Waals surface area contributed by atoms with Crippen molar-refractivity contribution in [3.63, 3.8) is 0 Å². The van der Waals surface area contributed by atoms with Gasteiger partial charge in [-0.2, -0.15) is 0 Å². The molecule has 1 atom stereocenters. The Morgan fingerprint density at radius 1 is 0.950 bits per heavy atom. The molecule has 0 aliphatic heterocycles. The summed E-state index contributed by atoms with van der Waals surface area (Å²) in [5.41, 5.74) is 9.79. The lowest BCUT2D eigenvalue weighted by Gasteiger charge is -2.14. The van der Waals surface area contributed by atoms with E-state index in [1.165, 1.54) is 5.56 Å². The highest BCUT2D eigenvalue weighted by atomic mass is 16.5. The molecule has 106 valence electrons. The van der Waals surface area contributed by atoms with Gasteiger partial charge in [-0.05, 0) is 36.6 Å². The maximum Gasteiger partial charge on any atom is 0.160 e. The van der Waals surface area contributed by atoms with Gasteiger partial charge in [0.05, 0.1) is 14.2 Å². The fourth-order valence-electron chi connectivity index (χ4n) is 2.19. The molecule has 0 saturated carbocycles. The van der Waals surface area contributed by atoms with E-state index in [1.54, 1.807) is 14.2 Å². The van der Waals surface area contributed by atoms with Crippen LogP contribution in [-0.2, 0) is 6.42 Å². The van der Waals surface area contributed by atoms with Crippen molar-refractivity contribution in [1.82, 2.24) is 0 Å². The van der Waals surface area contributed by atoms with E-state index in [0.717, 1.165) is 29.0 Å². The lowest BCUT2D eigenvalue weighted by Crippen LogP contribution is -2.13. The van der Waals surface area contributed by atoms with Crippen LogP contribution in [0.1, 0.15) is 22.7 Å². The second-order valence-electron chi connectivity index (χ2n) is 4.91.